The van der Waals surface area contributed by atoms with Gasteiger partial charge in [0.05, 0.1) is 12.2 Å². The number of rotatable bonds is 5. The van der Waals surface area contributed by atoms with E-state index in [1.807, 2.05) is 0 Å². The monoisotopic (exact) mass is 227 g/mol. The molecule has 2 atom stereocenters. The van der Waals surface area contributed by atoms with E-state index in [1.54, 1.807) is 0 Å². The van der Waals surface area contributed by atoms with Gasteiger partial charge in [-0.25, -0.2) is 0 Å². The fraction of sp³-hybridized carbons (Fsp3) is 1.00. The van der Waals surface area contributed by atoms with Crippen molar-refractivity contribution in [1.29, 1.82) is 0 Å². The van der Waals surface area contributed by atoms with Crippen molar-refractivity contribution in [1.82, 2.24) is 4.90 Å². The predicted octanol–water partition coefficient (Wildman–Crippen LogP) is 1.65. The van der Waals surface area contributed by atoms with Crippen molar-refractivity contribution in [2.45, 2.75) is 51.7 Å². The first-order valence-electron chi connectivity index (χ1n) is 6.70. The Kier molecular flexibility index (Phi) is 3.88. The fourth-order valence-electron chi connectivity index (χ4n) is 3.05. The number of aliphatic hydroxyl groups is 1. The largest absolute Gasteiger partial charge is 0.396 e. The normalized spacial score (nSPS) is 30.9. The van der Waals surface area contributed by atoms with E-state index in [0.717, 1.165) is 32.5 Å². The van der Waals surface area contributed by atoms with Crippen LogP contribution in [0.25, 0.3) is 0 Å². The summed E-state index contributed by atoms with van der Waals surface area (Å²) in [7, 11) is 0. The van der Waals surface area contributed by atoms with Crippen LogP contribution in [0.1, 0.15) is 39.5 Å². The first-order chi connectivity index (χ1) is 7.71. The Hall–Kier alpha value is -0.120. The van der Waals surface area contributed by atoms with Crippen molar-refractivity contribution in [3.05, 3.63) is 0 Å². The molecule has 0 aromatic rings. The Labute approximate surface area is 98.8 Å². The molecule has 16 heavy (non-hydrogen) atoms. The topological polar surface area (TPSA) is 32.7 Å². The lowest BCUT2D eigenvalue weighted by Gasteiger charge is -2.39. The molecular weight excluding hydrogens is 202 g/mol. The summed E-state index contributed by atoms with van der Waals surface area (Å²) >= 11 is 0. The maximum atomic E-state index is 9.60. The molecule has 0 amide bonds. The first kappa shape index (κ1) is 12.3. The van der Waals surface area contributed by atoms with Crippen LogP contribution in [0.15, 0.2) is 0 Å². The van der Waals surface area contributed by atoms with Crippen LogP contribution < -0.4 is 0 Å². The minimum Gasteiger partial charge on any atom is -0.396 e. The maximum absolute atomic E-state index is 9.60. The van der Waals surface area contributed by atoms with Crippen LogP contribution in [0.3, 0.4) is 0 Å². The standard InChI is InChI=1S/C13H25NO2/c1-3-13(4-2,10-15)9-14-7-11-5-6-12(8-14)16-11/h11-12,15H,3-10H2,1-2H3. The third kappa shape index (κ3) is 2.41. The highest BCUT2D eigenvalue weighted by Gasteiger charge is 2.37. The average molecular weight is 227 g/mol. The zero-order chi connectivity index (χ0) is 11.6. The fourth-order valence-corrected chi connectivity index (χ4v) is 3.05. The molecule has 3 nitrogen and oxygen atoms in total. The van der Waals surface area contributed by atoms with Crippen LogP contribution in [-0.2, 0) is 4.74 Å². The van der Waals surface area contributed by atoms with Gasteiger partial charge in [0.25, 0.3) is 0 Å². The molecule has 2 rings (SSSR count). The number of nitrogens with zero attached hydrogens (tertiary/aromatic N) is 1. The highest BCUT2D eigenvalue weighted by molar-refractivity contribution is 4.88. The van der Waals surface area contributed by atoms with Crippen LogP contribution in [0, 0.1) is 5.41 Å². The van der Waals surface area contributed by atoms with Gasteiger partial charge in [0.2, 0.25) is 0 Å². The Morgan fingerprint density at radius 3 is 2.19 bits per heavy atom. The molecular formula is C13H25NO2. The summed E-state index contributed by atoms with van der Waals surface area (Å²) in [5.74, 6) is 0. The second-order valence-electron chi connectivity index (χ2n) is 5.52. The van der Waals surface area contributed by atoms with Gasteiger partial charge in [0.1, 0.15) is 0 Å². The maximum Gasteiger partial charge on any atom is 0.0707 e. The SMILES string of the molecule is CCC(CC)(CO)CN1CC2CCC(C1)O2. The third-order valence-corrected chi connectivity index (χ3v) is 4.51. The summed E-state index contributed by atoms with van der Waals surface area (Å²) in [5, 5.41) is 9.60. The van der Waals surface area contributed by atoms with Gasteiger partial charge in [-0.3, -0.25) is 4.90 Å². The molecule has 2 fully saturated rings. The summed E-state index contributed by atoms with van der Waals surface area (Å²) in [6, 6.07) is 0. The molecule has 0 saturated carbocycles. The molecule has 2 unspecified atom stereocenters. The molecule has 94 valence electrons. The van der Waals surface area contributed by atoms with Crippen molar-refractivity contribution >= 4 is 0 Å². The summed E-state index contributed by atoms with van der Waals surface area (Å²) in [6.07, 6.45) is 5.50. The van der Waals surface area contributed by atoms with Crippen molar-refractivity contribution in [2.24, 2.45) is 5.41 Å². The van der Waals surface area contributed by atoms with Crippen molar-refractivity contribution in [3.8, 4) is 0 Å². The Balaban J connectivity index is 1.93. The lowest BCUT2D eigenvalue weighted by molar-refractivity contribution is -0.0574. The van der Waals surface area contributed by atoms with Gasteiger partial charge in [-0.05, 0) is 25.7 Å². The van der Waals surface area contributed by atoms with E-state index >= 15 is 0 Å². The molecule has 0 aromatic heterocycles. The van der Waals surface area contributed by atoms with Gasteiger partial charge < -0.3 is 9.84 Å². The van der Waals surface area contributed by atoms with Crippen LogP contribution in [0.4, 0.5) is 0 Å². The lowest BCUT2D eigenvalue weighted by atomic mass is 9.82. The molecule has 0 aromatic carbocycles. The summed E-state index contributed by atoms with van der Waals surface area (Å²) in [6.45, 7) is 7.86. The smallest absolute Gasteiger partial charge is 0.0707 e. The van der Waals surface area contributed by atoms with E-state index in [1.165, 1.54) is 12.8 Å². The Morgan fingerprint density at radius 2 is 1.75 bits per heavy atom. The molecule has 0 aliphatic carbocycles. The Morgan fingerprint density at radius 1 is 1.19 bits per heavy atom. The number of aliphatic hydroxyl groups excluding tert-OH is 1. The highest BCUT2D eigenvalue weighted by atomic mass is 16.5. The second-order valence-corrected chi connectivity index (χ2v) is 5.52. The molecule has 1 N–H and O–H groups in total. The zero-order valence-corrected chi connectivity index (χ0v) is 10.6. The quantitative estimate of drug-likeness (QED) is 0.775. The third-order valence-electron chi connectivity index (χ3n) is 4.51. The number of hydrogen-bond acceptors (Lipinski definition) is 3. The minimum absolute atomic E-state index is 0.108. The highest BCUT2D eigenvalue weighted by Crippen LogP contribution is 2.31. The molecule has 3 heteroatoms. The molecule has 2 aliphatic heterocycles. The molecule has 2 aliphatic rings. The van der Waals surface area contributed by atoms with Crippen LogP contribution in [-0.4, -0.2) is 48.5 Å². The van der Waals surface area contributed by atoms with Crippen LogP contribution in [0.2, 0.25) is 0 Å². The van der Waals surface area contributed by atoms with E-state index in [0.29, 0.717) is 18.8 Å². The average Bonchev–Trinajstić information content (AvgIpc) is 2.66. The number of hydrogen-bond donors (Lipinski definition) is 1. The van der Waals surface area contributed by atoms with E-state index in [9.17, 15) is 5.11 Å². The minimum atomic E-state index is 0.108. The second kappa shape index (κ2) is 5.03. The summed E-state index contributed by atoms with van der Waals surface area (Å²) in [4.78, 5) is 2.51. The van der Waals surface area contributed by atoms with Gasteiger partial charge in [-0.2, -0.15) is 0 Å². The van der Waals surface area contributed by atoms with Crippen molar-refractivity contribution in [3.63, 3.8) is 0 Å². The molecule has 2 bridgehead atoms. The van der Waals surface area contributed by atoms with Gasteiger partial charge in [-0.15, -0.1) is 0 Å². The Bertz CT molecular complexity index is 208. The van der Waals surface area contributed by atoms with E-state index < -0.39 is 0 Å². The lowest BCUT2D eigenvalue weighted by Crippen LogP contribution is -2.48. The molecule has 0 radical (unpaired) electrons. The number of fused-ring (bicyclic) bond motifs is 2. The van der Waals surface area contributed by atoms with E-state index in [4.69, 9.17) is 4.74 Å². The van der Waals surface area contributed by atoms with Gasteiger partial charge in [0.15, 0.2) is 0 Å². The number of morpholine rings is 1. The van der Waals surface area contributed by atoms with Crippen molar-refractivity contribution < 1.29 is 9.84 Å². The molecule has 0 spiro atoms. The molecule has 2 saturated heterocycles. The van der Waals surface area contributed by atoms with E-state index in [-0.39, 0.29) is 5.41 Å². The number of ether oxygens (including phenoxy) is 1. The summed E-state index contributed by atoms with van der Waals surface area (Å²) < 4.78 is 5.84. The van der Waals surface area contributed by atoms with Gasteiger partial charge in [0, 0.05) is 31.7 Å². The van der Waals surface area contributed by atoms with Gasteiger partial charge in [-0.1, -0.05) is 13.8 Å². The number of likely N-dealkylation sites (tertiary alicyclic amines) is 1. The molecule has 2 heterocycles. The van der Waals surface area contributed by atoms with Crippen LogP contribution in [0.5, 0.6) is 0 Å². The first-order valence-corrected chi connectivity index (χ1v) is 6.70. The predicted molar refractivity (Wildman–Crippen MR) is 64.4 cm³/mol. The van der Waals surface area contributed by atoms with Crippen LogP contribution >= 0.6 is 0 Å². The van der Waals surface area contributed by atoms with E-state index in [2.05, 4.69) is 18.7 Å². The van der Waals surface area contributed by atoms with Crippen molar-refractivity contribution in [2.75, 3.05) is 26.2 Å². The summed E-state index contributed by atoms with van der Waals surface area (Å²) in [5.41, 5.74) is 0.108. The zero-order valence-electron chi connectivity index (χ0n) is 10.6. The van der Waals surface area contributed by atoms with Gasteiger partial charge >= 0.3 is 0 Å².